The molecule has 0 heterocycles. The van der Waals surface area contributed by atoms with Gasteiger partial charge in [-0.3, -0.25) is 9.59 Å². The van der Waals surface area contributed by atoms with E-state index >= 15 is 0 Å². The van der Waals surface area contributed by atoms with Crippen molar-refractivity contribution >= 4 is 11.9 Å². The Kier molecular flexibility index (Phi) is 9.27. The first-order valence-corrected chi connectivity index (χ1v) is 6.14. The first-order valence-electron chi connectivity index (χ1n) is 6.14. The van der Waals surface area contributed by atoms with Crippen molar-refractivity contribution in [1.29, 1.82) is 0 Å². The molecule has 1 aromatic rings. The molecule has 0 aliphatic heterocycles. The maximum absolute atomic E-state index is 10.4. The molecule has 4 nitrogen and oxygen atoms in total. The summed E-state index contributed by atoms with van der Waals surface area (Å²) in [6, 6.07) is 8.76. The van der Waals surface area contributed by atoms with Crippen LogP contribution in [0.25, 0.3) is 0 Å². The number of carboxylic acids is 1. The van der Waals surface area contributed by atoms with Gasteiger partial charge < -0.3 is 10.8 Å². The lowest BCUT2D eigenvalue weighted by atomic mass is 10.2. The molecule has 0 saturated heterocycles. The third-order valence-electron chi connectivity index (χ3n) is 2.30. The van der Waals surface area contributed by atoms with Gasteiger partial charge in [-0.1, -0.05) is 44.4 Å². The molecule has 0 aromatic heterocycles. The van der Waals surface area contributed by atoms with Crippen molar-refractivity contribution in [3.05, 3.63) is 35.9 Å². The van der Waals surface area contributed by atoms with Crippen molar-refractivity contribution in [2.24, 2.45) is 5.73 Å². The van der Waals surface area contributed by atoms with E-state index < -0.39 is 5.97 Å². The van der Waals surface area contributed by atoms with Crippen LogP contribution in [0.15, 0.2) is 30.3 Å². The van der Waals surface area contributed by atoms with E-state index in [9.17, 15) is 9.59 Å². The minimum absolute atomic E-state index is 0.333. The fraction of sp³-hybridized carbons (Fsp3) is 0.429. The van der Waals surface area contributed by atoms with E-state index in [-0.39, 0.29) is 5.91 Å². The summed E-state index contributed by atoms with van der Waals surface area (Å²) in [5.41, 5.74) is 5.53. The highest BCUT2D eigenvalue weighted by Crippen LogP contribution is 2.01. The quantitative estimate of drug-likeness (QED) is 0.763. The predicted molar refractivity (Wildman–Crippen MR) is 71.4 cm³/mol. The number of aliphatic carboxylic acids is 1. The molecule has 0 saturated carbocycles. The van der Waals surface area contributed by atoms with Crippen LogP contribution in [0.3, 0.4) is 0 Å². The van der Waals surface area contributed by atoms with Crippen LogP contribution in [0.1, 0.15) is 49.4 Å². The zero-order valence-electron chi connectivity index (χ0n) is 10.8. The van der Waals surface area contributed by atoms with Crippen molar-refractivity contribution in [3.8, 4) is 0 Å². The molecule has 100 valence electrons. The van der Waals surface area contributed by atoms with Gasteiger partial charge in [0.2, 0.25) is 5.91 Å². The maximum Gasteiger partial charge on any atom is 0.303 e. The van der Waals surface area contributed by atoms with E-state index in [1.165, 1.54) is 6.42 Å². The molecule has 1 aromatic carbocycles. The van der Waals surface area contributed by atoms with Gasteiger partial charge in [-0.15, -0.1) is 0 Å². The van der Waals surface area contributed by atoms with Crippen LogP contribution in [-0.2, 0) is 4.79 Å². The number of rotatable bonds is 6. The highest BCUT2D eigenvalue weighted by atomic mass is 16.4. The zero-order valence-corrected chi connectivity index (χ0v) is 10.8. The van der Waals surface area contributed by atoms with Crippen LogP contribution in [0, 0.1) is 0 Å². The number of unbranched alkanes of at least 4 members (excludes halogenated alkanes) is 3. The Hall–Kier alpha value is -1.84. The summed E-state index contributed by atoms with van der Waals surface area (Å²) in [5.74, 6) is -1.05. The van der Waals surface area contributed by atoms with Crippen LogP contribution in [0.2, 0.25) is 0 Å². The largest absolute Gasteiger partial charge is 0.481 e. The summed E-state index contributed by atoms with van der Waals surface area (Å²) in [4.78, 5) is 20.4. The summed E-state index contributed by atoms with van der Waals surface area (Å²) < 4.78 is 0. The molecular formula is C14H21NO3. The second-order valence-corrected chi connectivity index (χ2v) is 3.93. The lowest BCUT2D eigenvalue weighted by Gasteiger charge is -1.92. The van der Waals surface area contributed by atoms with Crippen molar-refractivity contribution in [2.45, 2.75) is 39.0 Å². The average Bonchev–Trinajstić information content (AvgIpc) is 2.36. The van der Waals surface area contributed by atoms with E-state index in [4.69, 9.17) is 10.8 Å². The number of nitrogens with two attached hydrogens (primary N) is 1. The van der Waals surface area contributed by atoms with E-state index in [1.54, 1.807) is 24.3 Å². The van der Waals surface area contributed by atoms with Crippen LogP contribution in [0.5, 0.6) is 0 Å². The second-order valence-electron chi connectivity index (χ2n) is 3.93. The predicted octanol–water partition coefficient (Wildman–Crippen LogP) is 2.83. The van der Waals surface area contributed by atoms with Crippen molar-refractivity contribution < 1.29 is 14.7 Å². The van der Waals surface area contributed by atoms with Gasteiger partial charge in [0.1, 0.15) is 0 Å². The lowest BCUT2D eigenvalue weighted by Crippen LogP contribution is -2.09. The van der Waals surface area contributed by atoms with E-state index in [0.29, 0.717) is 12.0 Å². The summed E-state index contributed by atoms with van der Waals surface area (Å²) in [6.45, 7) is 2.11. The number of amides is 1. The van der Waals surface area contributed by atoms with Gasteiger partial charge in [0, 0.05) is 12.0 Å². The Morgan fingerprint density at radius 2 is 1.72 bits per heavy atom. The summed E-state index contributed by atoms with van der Waals surface area (Å²) in [6.07, 6.45) is 4.55. The summed E-state index contributed by atoms with van der Waals surface area (Å²) in [7, 11) is 0. The average molecular weight is 251 g/mol. The monoisotopic (exact) mass is 251 g/mol. The fourth-order valence-electron chi connectivity index (χ4n) is 1.31. The topological polar surface area (TPSA) is 80.4 Å². The van der Waals surface area contributed by atoms with E-state index in [0.717, 1.165) is 19.3 Å². The number of primary amides is 1. The number of hydrogen-bond acceptors (Lipinski definition) is 2. The molecule has 1 amide bonds. The number of carbonyl (C=O) groups excluding carboxylic acids is 1. The molecule has 0 radical (unpaired) electrons. The van der Waals surface area contributed by atoms with Gasteiger partial charge >= 0.3 is 5.97 Å². The molecule has 0 atom stereocenters. The number of hydrogen-bond donors (Lipinski definition) is 2. The first kappa shape index (κ1) is 16.2. The Morgan fingerprint density at radius 3 is 2.11 bits per heavy atom. The molecule has 0 bridgehead atoms. The van der Waals surface area contributed by atoms with Crippen LogP contribution >= 0.6 is 0 Å². The van der Waals surface area contributed by atoms with Gasteiger partial charge in [0.15, 0.2) is 0 Å². The normalized spacial score (nSPS) is 9.17. The van der Waals surface area contributed by atoms with Gasteiger partial charge in [-0.2, -0.15) is 0 Å². The second kappa shape index (κ2) is 10.3. The fourth-order valence-corrected chi connectivity index (χ4v) is 1.31. The van der Waals surface area contributed by atoms with E-state index in [1.807, 2.05) is 6.07 Å². The molecule has 3 N–H and O–H groups in total. The van der Waals surface area contributed by atoms with Crippen molar-refractivity contribution in [2.75, 3.05) is 0 Å². The van der Waals surface area contributed by atoms with Gasteiger partial charge in [0.05, 0.1) is 0 Å². The third-order valence-corrected chi connectivity index (χ3v) is 2.30. The van der Waals surface area contributed by atoms with Crippen molar-refractivity contribution in [3.63, 3.8) is 0 Å². The number of carbonyl (C=O) groups is 2. The molecule has 0 unspecified atom stereocenters. The first-order chi connectivity index (χ1) is 8.57. The smallest absolute Gasteiger partial charge is 0.303 e. The molecule has 0 spiro atoms. The number of benzene rings is 1. The SMILES string of the molecule is CCCCCCC(=O)O.NC(=O)c1ccccc1. The Labute approximate surface area is 108 Å². The Bertz CT molecular complexity index is 349. The maximum atomic E-state index is 10.4. The molecule has 4 heteroatoms. The Morgan fingerprint density at radius 1 is 1.11 bits per heavy atom. The number of carboxylic acid groups (broad SMARTS) is 1. The molecular weight excluding hydrogens is 230 g/mol. The van der Waals surface area contributed by atoms with Crippen LogP contribution < -0.4 is 5.73 Å². The molecule has 18 heavy (non-hydrogen) atoms. The van der Waals surface area contributed by atoms with E-state index in [2.05, 4.69) is 6.92 Å². The highest BCUT2D eigenvalue weighted by molar-refractivity contribution is 5.92. The standard InChI is InChI=1S/C7H7NO.C7H14O2/c8-7(9)6-4-2-1-3-5-6;1-2-3-4-5-6-7(8)9/h1-5H,(H2,8,9);2-6H2,1H3,(H,8,9). The molecule has 0 fully saturated rings. The summed E-state index contributed by atoms with van der Waals surface area (Å²) >= 11 is 0. The van der Waals surface area contributed by atoms with Crippen LogP contribution in [0.4, 0.5) is 0 Å². The minimum atomic E-state index is -0.675. The van der Waals surface area contributed by atoms with Crippen molar-refractivity contribution in [1.82, 2.24) is 0 Å². The Balaban J connectivity index is 0.000000321. The van der Waals surface area contributed by atoms with Gasteiger partial charge in [-0.05, 0) is 18.6 Å². The zero-order chi connectivity index (χ0) is 13.8. The highest BCUT2D eigenvalue weighted by Gasteiger charge is 1.94. The molecule has 1 rings (SSSR count). The summed E-state index contributed by atoms with van der Waals surface area (Å²) in [5, 5.41) is 8.21. The lowest BCUT2D eigenvalue weighted by molar-refractivity contribution is -0.137. The molecule has 0 aliphatic carbocycles. The third kappa shape index (κ3) is 9.39. The van der Waals surface area contributed by atoms with Gasteiger partial charge in [0.25, 0.3) is 0 Å². The van der Waals surface area contributed by atoms with Gasteiger partial charge in [-0.25, -0.2) is 0 Å². The van der Waals surface area contributed by atoms with Crippen LogP contribution in [-0.4, -0.2) is 17.0 Å². The molecule has 0 aliphatic rings. The minimum Gasteiger partial charge on any atom is -0.481 e.